The summed E-state index contributed by atoms with van der Waals surface area (Å²) in [4.78, 5) is 16.3. The fourth-order valence-corrected chi connectivity index (χ4v) is 1.17. The van der Waals surface area contributed by atoms with Gasteiger partial charge in [0.25, 0.3) is 0 Å². The van der Waals surface area contributed by atoms with Crippen LogP contribution in [0.25, 0.3) is 0 Å². The number of rotatable bonds is 6. The summed E-state index contributed by atoms with van der Waals surface area (Å²) in [6, 6.07) is 7.89. The quantitative estimate of drug-likeness (QED) is 0.344. The van der Waals surface area contributed by atoms with Gasteiger partial charge in [-0.05, 0) is 25.1 Å². The Morgan fingerprint density at radius 1 is 1.72 bits per heavy atom. The maximum atomic E-state index is 11.3. The van der Waals surface area contributed by atoms with E-state index < -0.39 is 12.1 Å². The Morgan fingerprint density at radius 3 is 3.17 bits per heavy atom. The first-order chi connectivity index (χ1) is 8.65. The summed E-state index contributed by atoms with van der Waals surface area (Å²) in [5.41, 5.74) is 0.658. The molecule has 0 spiro atoms. The van der Waals surface area contributed by atoms with E-state index in [0.717, 1.165) is 0 Å². The molecule has 4 nitrogen and oxygen atoms in total. The summed E-state index contributed by atoms with van der Waals surface area (Å²) in [5.74, 6) is -0.502. The van der Waals surface area contributed by atoms with Crippen molar-refractivity contribution in [2.45, 2.75) is 13.0 Å². The fraction of sp³-hybridized carbons (Fsp3) is 0.231. The molecule has 1 aromatic rings. The van der Waals surface area contributed by atoms with Crippen LogP contribution in [0, 0.1) is 6.07 Å². The van der Waals surface area contributed by atoms with Gasteiger partial charge in [0, 0.05) is 10.6 Å². The van der Waals surface area contributed by atoms with Crippen molar-refractivity contribution in [3.63, 3.8) is 0 Å². The van der Waals surface area contributed by atoms with E-state index in [0.29, 0.717) is 10.6 Å². The summed E-state index contributed by atoms with van der Waals surface area (Å²) in [7, 11) is 0. The number of ether oxygens (including phenoxy) is 1. The summed E-state index contributed by atoms with van der Waals surface area (Å²) < 4.78 is 4.79. The van der Waals surface area contributed by atoms with Gasteiger partial charge in [-0.1, -0.05) is 35.5 Å². The zero-order valence-electron chi connectivity index (χ0n) is 9.93. The number of hydrogen-bond acceptors (Lipinski definition) is 4. The first-order valence-electron chi connectivity index (χ1n) is 5.27. The molecular weight excluding hydrogens is 254 g/mol. The van der Waals surface area contributed by atoms with Gasteiger partial charge in [0.05, 0.1) is 6.21 Å². The van der Waals surface area contributed by atoms with E-state index in [4.69, 9.17) is 21.2 Å². The molecule has 18 heavy (non-hydrogen) atoms. The van der Waals surface area contributed by atoms with Gasteiger partial charge in [-0.15, -0.1) is 0 Å². The summed E-state index contributed by atoms with van der Waals surface area (Å²) >= 11 is 5.90. The lowest BCUT2D eigenvalue weighted by molar-refractivity contribution is -0.154. The molecule has 95 valence electrons. The minimum Gasteiger partial charge on any atom is -0.459 e. The van der Waals surface area contributed by atoms with Crippen LogP contribution in [-0.4, -0.2) is 24.9 Å². The van der Waals surface area contributed by atoms with Gasteiger partial charge in [0.1, 0.15) is 6.61 Å². The van der Waals surface area contributed by atoms with Crippen molar-refractivity contribution < 1.29 is 14.4 Å². The number of benzene rings is 1. The minimum absolute atomic E-state index is 0.149. The van der Waals surface area contributed by atoms with E-state index in [1.165, 1.54) is 12.3 Å². The van der Waals surface area contributed by atoms with Crippen molar-refractivity contribution in [1.29, 1.82) is 0 Å². The van der Waals surface area contributed by atoms with Crippen LogP contribution in [0.3, 0.4) is 0 Å². The van der Waals surface area contributed by atoms with Crippen LogP contribution in [0.2, 0.25) is 5.02 Å². The first-order valence-corrected chi connectivity index (χ1v) is 5.65. The lowest BCUT2D eigenvalue weighted by Gasteiger charge is -2.07. The molecule has 0 amide bonds. The van der Waals surface area contributed by atoms with Crippen LogP contribution in [0.5, 0.6) is 0 Å². The van der Waals surface area contributed by atoms with Gasteiger partial charge in [0.15, 0.2) is 0 Å². The van der Waals surface area contributed by atoms with Gasteiger partial charge in [0.2, 0.25) is 6.10 Å². The molecule has 0 saturated carbocycles. The van der Waals surface area contributed by atoms with Crippen molar-refractivity contribution in [3.8, 4) is 0 Å². The van der Waals surface area contributed by atoms with Crippen LogP contribution in [0.15, 0.2) is 36.0 Å². The number of oxime groups is 1. The van der Waals surface area contributed by atoms with Crippen LogP contribution < -0.4 is 0 Å². The molecule has 0 aliphatic heterocycles. The number of halogens is 1. The van der Waals surface area contributed by atoms with Crippen LogP contribution in [0.4, 0.5) is 0 Å². The Morgan fingerprint density at radius 2 is 2.50 bits per heavy atom. The first kappa shape index (κ1) is 14.3. The highest BCUT2D eigenvalue weighted by molar-refractivity contribution is 6.33. The molecule has 0 saturated heterocycles. The minimum atomic E-state index is -0.785. The van der Waals surface area contributed by atoms with Crippen molar-refractivity contribution in [2.24, 2.45) is 5.16 Å². The van der Waals surface area contributed by atoms with E-state index in [2.05, 4.69) is 17.8 Å². The van der Waals surface area contributed by atoms with Crippen LogP contribution >= 0.6 is 11.6 Å². The van der Waals surface area contributed by atoms with Crippen molar-refractivity contribution in [2.75, 3.05) is 6.61 Å². The van der Waals surface area contributed by atoms with E-state index in [-0.39, 0.29) is 6.61 Å². The molecular formula is C13H13ClNO3. The Balaban J connectivity index is 2.47. The predicted molar refractivity (Wildman–Crippen MR) is 69.6 cm³/mol. The Hall–Kier alpha value is -1.81. The maximum absolute atomic E-state index is 11.3. The molecule has 0 aliphatic carbocycles. The maximum Gasteiger partial charge on any atom is 0.350 e. The van der Waals surface area contributed by atoms with Gasteiger partial charge in [-0.25, -0.2) is 4.79 Å². The second-order valence-corrected chi connectivity index (χ2v) is 3.76. The largest absolute Gasteiger partial charge is 0.459 e. The summed E-state index contributed by atoms with van der Waals surface area (Å²) in [6.07, 6.45) is 2.11. The molecule has 5 heteroatoms. The molecule has 0 heterocycles. The molecule has 0 N–H and O–H groups in total. The Labute approximate surface area is 111 Å². The van der Waals surface area contributed by atoms with Gasteiger partial charge >= 0.3 is 5.97 Å². The number of carbonyl (C=O) groups is 1. The van der Waals surface area contributed by atoms with E-state index in [1.807, 2.05) is 0 Å². The van der Waals surface area contributed by atoms with E-state index in [9.17, 15) is 4.79 Å². The van der Waals surface area contributed by atoms with E-state index >= 15 is 0 Å². The smallest absolute Gasteiger partial charge is 0.350 e. The number of nitrogens with zero attached hydrogens (tertiary/aromatic N) is 1. The second kappa shape index (κ2) is 7.50. The van der Waals surface area contributed by atoms with Crippen molar-refractivity contribution >= 4 is 23.8 Å². The average molecular weight is 267 g/mol. The SMILES string of the molecule is C=CCOC(=O)C(C)ON=Cc1c[c]ccc1Cl. The Kier molecular flexibility index (Phi) is 5.94. The zero-order chi connectivity index (χ0) is 13.4. The third kappa shape index (κ3) is 4.59. The molecule has 1 rings (SSSR count). The third-order valence-electron chi connectivity index (χ3n) is 1.93. The van der Waals surface area contributed by atoms with Crippen molar-refractivity contribution in [1.82, 2.24) is 0 Å². The highest BCUT2D eigenvalue weighted by atomic mass is 35.5. The van der Waals surface area contributed by atoms with E-state index in [1.54, 1.807) is 25.1 Å². The third-order valence-corrected chi connectivity index (χ3v) is 2.27. The summed E-state index contributed by atoms with van der Waals surface area (Å²) in [6.45, 7) is 5.13. The molecule has 0 aromatic heterocycles. The molecule has 1 unspecified atom stereocenters. The Bertz CT molecular complexity index is 446. The lowest BCUT2D eigenvalue weighted by Crippen LogP contribution is -2.21. The topological polar surface area (TPSA) is 47.9 Å². The lowest BCUT2D eigenvalue weighted by atomic mass is 10.2. The van der Waals surface area contributed by atoms with Crippen LogP contribution in [-0.2, 0) is 14.4 Å². The van der Waals surface area contributed by atoms with Crippen molar-refractivity contribution in [3.05, 3.63) is 47.5 Å². The molecule has 0 bridgehead atoms. The normalized spacial score (nSPS) is 12.1. The standard InChI is InChI=1S/C13H13ClNO3/c1-3-8-17-13(16)10(2)18-15-9-11-6-4-5-7-12(11)14/h3,5-7,9-10H,1,8H2,2H3. The zero-order valence-corrected chi connectivity index (χ0v) is 10.7. The highest BCUT2D eigenvalue weighted by Gasteiger charge is 2.14. The average Bonchev–Trinajstić information content (AvgIpc) is 2.38. The van der Waals surface area contributed by atoms with Gasteiger partial charge in [-0.2, -0.15) is 0 Å². The van der Waals surface area contributed by atoms with Gasteiger partial charge in [-0.3, -0.25) is 0 Å². The molecule has 1 aromatic carbocycles. The molecule has 1 radical (unpaired) electrons. The number of hydrogen-bond donors (Lipinski definition) is 0. The molecule has 0 fully saturated rings. The highest BCUT2D eigenvalue weighted by Crippen LogP contribution is 2.12. The number of esters is 1. The summed E-state index contributed by atoms with van der Waals surface area (Å²) in [5, 5.41) is 4.21. The molecule has 0 aliphatic rings. The predicted octanol–water partition coefficient (Wildman–Crippen LogP) is 2.61. The second-order valence-electron chi connectivity index (χ2n) is 3.35. The monoisotopic (exact) mass is 266 g/mol. The van der Waals surface area contributed by atoms with Gasteiger partial charge < -0.3 is 9.57 Å². The fourth-order valence-electron chi connectivity index (χ4n) is 1.00. The van der Waals surface area contributed by atoms with Crippen LogP contribution in [0.1, 0.15) is 12.5 Å². The number of carbonyl (C=O) groups excluding carboxylic acids is 1. The molecule has 1 atom stereocenters.